The van der Waals surface area contributed by atoms with Gasteiger partial charge < -0.3 is 15.0 Å². The molecule has 1 atom stereocenters. The number of benzene rings is 1. The number of hydrogen-bond donors (Lipinski definition) is 1. The fourth-order valence-electron chi connectivity index (χ4n) is 2.85. The van der Waals surface area contributed by atoms with Crippen LogP contribution in [-0.2, 0) is 6.54 Å². The van der Waals surface area contributed by atoms with Gasteiger partial charge in [0.1, 0.15) is 5.75 Å². The number of ether oxygens (including phenoxy) is 1. The number of nitrogens with zero attached hydrogens (tertiary/aromatic N) is 1. The summed E-state index contributed by atoms with van der Waals surface area (Å²) in [6, 6.07) is 8.98. The molecule has 1 N–H and O–H groups in total. The second kappa shape index (κ2) is 7.51. The van der Waals surface area contributed by atoms with E-state index >= 15 is 0 Å². The third-order valence-corrected chi connectivity index (χ3v) is 4.08. The van der Waals surface area contributed by atoms with E-state index in [1.165, 1.54) is 37.8 Å². The first-order valence-electron chi connectivity index (χ1n) is 7.34. The highest BCUT2D eigenvalue weighted by molar-refractivity contribution is 5.32. The van der Waals surface area contributed by atoms with Crippen LogP contribution in [0, 0.1) is 0 Å². The third kappa shape index (κ3) is 4.22. The number of rotatable bonds is 6. The van der Waals surface area contributed by atoms with Crippen molar-refractivity contribution in [2.75, 3.05) is 27.2 Å². The van der Waals surface area contributed by atoms with Crippen molar-refractivity contribution in [2.24, 2.45) is 0 Å². The van der Waals surface area contributed by atoms with E-state index in [9.17, 15) is 0 Å². The number of nitrogens with one attached hydrogen (secondary N) is 1. The number of piperidine rings is 1. The number of hydrogen-bond acceptors (Lipinski definition) is 3. The lowest BCUT2D eigenvalue weighted by Gasteiger charge is -2.32. The highest BCUT2D eigenvalue weighted by Gasteiger charge is 2.17. The molecule has 0 spiro atoms. The van der Waals surface area contributed by atoms with Crippen LogP contribution >= 0.6 is 0 Å². The number of likely N-dealkylation sites (tertiary alicyclic amines) is 1. The van der Waals surface area contributed by atoms with Crippen molar-refractivity contribution in [3.8, 4) is 5.75 Å². The summed E-state index contributed by atoms with van der Waals surface area (Å²) in [7, 11) is 3.99. The van der Waals surface area contributed by atoms with Crippen LogP contribution in [0.1, 0.15) is 31.2 Å². The van der Waals surface area contributed by atoms with E-state index in [1.54, 1.807) is 7.11 Å². The van der Waals surface area contributed by atoms with Crippen LogP contribution in [-0.4, -0.2) is 38.2 Å². The zero-order valence-electron chi connectivity index (χ0n) is 12.2. The molecule has 0 radical (unpaired) electrons. The minimum Gasteiger partial charge on any atom is -0.496 e. The van der Waals surface area contributed by atoms with Gasteiger partial charge >= 0.3 is 0 Å². The summed E-state index contributed by atoms with van der Waals surface area (Å²) in [5, 5.41) is 3.54. The molecule has 0 amide bonds. The van der Waals surface area contributed by atoms with Crippen LogP contribution in [0.2, 0.25) is 0 Å². The molecule has 1 unspecified atom stereocenters. The molecule has 106 valence electrons. The largest absolute Gasteiger partial charge is 0.496 e. The Bertz CT molecular complexity index is 381. The minimum atomic E-state index is 0.763. The zero-order valence-corrected chi connectivity index (χ0v) is 12.2. The Labute approximate surface area is 116 Å². The molecule has 1 saturated heterocycles. The predicted molar refractivity (Wildman–Crippen MR) is 79.6 cm³/mol. The van der Waals surface area contributed by atoms with Crippen LogP contribution in [0.15, 0.2) is 24.3 Å². The Balaban J connectivity index is 1.71. The van der Waals surface area contributed by atoms with Crippen molar-refractivity contribution < 1.29 is 4.74 Å². The Morgan fingerprint density at radius 3 is 2.95 bits per heavy atom. The van der Waals surface area contributed by atoms with Crippen molar-refractivity contribution in [3.63, 3.8) is 0 Å². The van der Waals surface area contributed by atoms with Crippen LogP contribution in [0.4, 0.5) is 0 Å². The first kappa shape index (κ1) is 14.4. The second-order valence-electron chi connectivity index (χ2n) is 5.41. The molecule has 1 aromatic carbocycles. The summed E-state index contributed by atoms with van der Waals surface area (Å²) in [5.74, 6) is 0.977. The standard InChI is InChI=1S/C16H26N2O/c1-18-12-6-5-8-15(18)10-11-17-13-14-7-3-4-9-16(14)19-2/h3-4,7,9,15,17H,5-6,8,10-13H2,1-2H3. The Hall–Kier alpha value is -1.06. The van der Waals surface area contributed by atoms with Gasteiger partial charge in [-0.15, -0.1) is 0 Å². The Morgan fingerprint density at radius 2 is 2.16 bits per heavy atom. The molecule has 0 saturated carbocycles. The van der Waals surface area contributed by atoms with E-state index in [4.69, 9.17) is 4.74 Å². The van der Waals surface area contributed by atoms with E-state index in [2.05, 4.69) is 29.4 Å². The van der Waals surface area contributed by atoms with Gasteiger partial charge in [-0.25, -0.2) is 0 Å². The maximum Gasteiger partial charge on any atom is 0.123 e. The molecular weight excluding hydrogens is 236 g/mol. The van der Waals surface area contributed by atoms with Crippen molar-refractivity contribution in [1.29, 1.82) is 0 Å². The van der Waals surface area contributed by atoms with Crippen molar-refractivity contribution in [1.82, 2.24) is 10.2 Å². The minimum absolute atomic E-state index is 0.763. The van der Waals surface area contributed by atoms with Gasteiger partial charge in [0, 0.05) is 18.2 Å². The van der Waals surface area contributed by atoms with Gasteiger partial charge in [0.15, 0.2) is 0 Å². The molecule has 1 aliphatic heterocycles. The summed E-state index contributed by atoms with van der Waals surface area (Å²) < 4.78 is 5.36. The highest BCUT2D eigenvalue weighted by atomic mass is 16.5. The van der Waals surface area contributed by atoms with Gasteiger partial charge in [-0.05, 0) is 45.5 Å². The van der Waals surface area contributed by atoms with E-state index in [1.807, 2.05) is 12.1 Å². The summed E-state index contributed by atoms with van der Waals surface area (Å²) >= 11 is 0. The predicted octanol–water partition coefficient (Wildman–Crippen LogP) is 2.66. The van der Waals surface area contributed by atoms with Crippen LogP contribution in [0.5, 0.6) is 5.75 Å². The van der Waals surface area contributed by atoms with Gasteiger partial charge in [0.25, 0.3) is 0 Å². The normalized spacial score (nSPS) is 20.4. The smallest absolute Gasteiger partial charge is 0.123 e. The molecule has 1 heterocycles. The highest BCUT2D eigenvalue weighted by Crippen LogP contribution is 2.18. The average Bonchev–Trinajstić information content (AvgIpc) is 2.45. The molecule has 0 bridgehead atoms. The van der Waals surface area contributed by atoms with E-state index in [0.29, 0.717) is 0 Å². The maximum atomic E-state index is 5.36. The summed E-state index contributed by atoms with van der Waals surface area (Å²) in [6.45, 7) is 3.23. The van der Waals surface area contributed by atoms with Crippen LogP contribution < -0.4 is 10.1 Å². The van der Waals surface area contributed by atoms with Gasteiger partial charge in [-0.2, -0.15) is 0 Å². The molecule has 2 rings (SSSR count). The Kier molecular flexibility index (Phi) is 5.67. The third-order valence-electron chi connectivity index (χ3n) is 4.08. The van der Waals surface area contributed by atoms with Crippen molar-refractivity contribution >= 4 is 0 Å². The SMILES string of the molecule is COc1ccccc1CNCCC1CCCCN1C. The first-order valence-corrected chi connectivity index (χ1v) is 7.34. The summed E-state index contributed by atoms with van der Waals surface area (Å²) in [6.07, 6.45) is 5.35. The molecule has 3 nitrogen and oxygen atoms in total. The monoisotopic (exact) mass is 262 g/mol. The number of methoxy groups -OCH3 is 1. The quantitative estimate of drug-likeness (QED) is 0.798. The first-order chi connectivity index (χ1) is 9.31. The molecular formula is C16H26N2O. The zero-order chi connectivity index (χ0) is 13.5. The van der Waals surface area contributed by atoms with Crippen molar-refractivity contribution in [2.45, 2.75) is 38.3 Å². The van der Waals surface area contributed by atoms with E-state index < -0.39 is 0 Å². The molecule has 1 fully saturated rings. The Morgan fingerprint density at radius 1 is 1.32 bits per heavy atom. The van der Waals surface area contributed by atoms with Crippen molar-refractivity contribution in [3.05, 3.63) is 29.8 Å². The van der Waals surface area contributed by atoms with E-state index in [-0.39, 0.29) is 0 Å². The lowest BCUT2D eigenvalue weighted by Crippen LogP contribution is -2.38. The fraction of sp³-hybridized carbons (Fsp3) is 0.625. The molecule has 0 aromatic heterocycles. The molecule has 19 heavy (non-hydrogen) atoms. The molecule has 1 aliphatic rings. The molecule has 1 aromatic rings. The van der Waals surface area contributed by atoms with Gasteiger partial charge in [-0.1, -0.05) is 24.6 Å². The summed E-state index contributed by atoms with van der Waals surface area (Å²) in [5.41, 5.74) is 1.24. The lowest BCUT2D eigenvalue weighted by atomic mass is 10.0. The fourth-order valence-corrected chi connectivity index (χ4v) is 2.85. The second-order valence-corrected chi connectivity index (χ2v) is 5.41. The number of para-hydroxylation sites is 1. The van der Waals surface area contributed by atoms with Crippen LogP contribution in [0.3, 0.4) is 0 Å². The van der Waals surface area contributed by atoms with Gasteiger partial charge in [0.05, 0.1) is 7.11 Å². The maximum absolute atomic E-state index is 5.36. The molecule has 3 heteroatoms. The lowest BCUT2D eigenvalue weighted by molar-refractivity contribution is 0.175. The van der Waals surface area contributed by atoms with Gasteiger partial charge in [0.2, 0.25) is 0 Å². The summed E-state index contributed by atoms with van der Waals surface area (Å²) in [4.78, 5) is 2.51. The van der Waals surface area contributed by atoms with E-state index in [0.717, 1.165) is 24.9 Å². The average molecular weight is 262 g/mol. The van der Waals surface area contributed by atoms with Gasteiger partial charge in [-0.3, -0.25) is 0 Å². The van der Waals surface area contributed by atoms with Crippen LogP contribution in [0.25, 0.3) is 0 Å². The molecule has 0 aliphatic carbocycles. The topological polar surface area (TPSA) is 24.5 Å².